The second-order valence-electron chi connectivity index (χ2n) is 6.68. The number of para-hydroxylation sites is 1. The highest BCUT2D eigenvalue weighted by molar-refractivity contribution is 7.92. The number of aliphatic hydroxyl groups excluding tert-OH is 1. The van der Waals surface area contributed by atoms with Gasteiger partial charge in [0, 0.05) is 10.4 Å². The maximum atomic E-state index is 11.7. The highest BCUT2D eigenvalue weighted by atomic mass is 35.5. The molecule has 3 aromatic rings. The van der Waals surface area contributed by atoms with E-state index < -0.39 is 21.5 Å². The summed E-state index contributed by atoms with van der Waals surface area (Å²) in [4.78, 5) is 0. The summed E-state index contributed by atoms with van der Waals surface area (Å²) in [5.74, 6) is 0. The predicted molar refractivity (Wildman–Crippen MR) is 109 cm³/mol. The number of benzene rings is 2. The highest BCUT2D eigenvalue weighted by Gasteiger charge is 2.41. The molecule has 3 N–H and O–H groups in total. The molecule has 3 rings (SSSR count). The molecule has 6 nitrogen and oxygen atoms in total. The zero-order valence-electron chi connectivity index (χ0n) is 15.3. The lowest BCUT2D eigenvalue weighted by Crippen LogP contribution is -2.39. The van der Waals surface area contributed by atoms with Gasteiger partial charge in [-0.15, -0.1) is 0 Å². The van der Waals surface area contributed by atoms with Crippen molar-refractivity contribution < 1.29 is 13.5 Å². The van der Waals surface area contributed by atoms with Gasteiger partial charge in [0.1, 0.15) is 0 Å². The molecule has 27 heavy (non-hydrogen) atoms. The van der Waals surface area contributed by atoms with Gasteiger partial charge in [0.15, 0.2) is 0 Å². The number of hydrogen-bond acceptors (Lipinski definition) is 4. The number of anilines is 1. The Bertz CT molecular complexity index is 1060. The Hall–Kier alpha value is -2.09. The van der Waals surface area contributed by atoms with Crippen molar-refractivity contribution in [2.45, 2.75) is 31.8 Å². The Balaban J connectivity index is 2.26. The van der Waals surface area contributed by atoms with Crippen LogP contribution in [-0.4, -0.2) is 36.1 Å². The van der Waals surface area contributed by atoms with Crippen molar-refractivity contribution >= 4 is 38.2 Å². The molecule has 1 aromatic heterocycles. The van der Waals surface area contributed by atoms with E-state index >= 15 is 0 Å². The third-order valence-electron chi connectivity index (χ3n) is 4.95. The number of H-pyrrole nitrogens is 1. The number of halogens is 1. The van der Waals surface area contributed by atoms with Crippen molar-refractivity contribution in [3.8, 4) is 0 Å². The van der Waals surface area contributed by atoms with Gasteiger partial charge in [-0.3, -0.25) is 9.82 Å². The fourth-order valence-electron chi connectivity index (χ4n) is 3.66. The average molecular weight is 408 g/mol. The SMILES string of the molecule is CCC(c1ccc(Cl)cc1)(c1n[nH]c2c(NS(C)(=O)=O)cccc12)C(C)O. The van der Waals surface area contributed by atoms with E-state index in [1.807, 2.05) is 25.1 Å². The standard InChI is InChI=1S/C19H22ClN3O3S/c1-4-19(12(2)24,13-8-10-14(20)11-9-13)18-15-6-5-7-16(17(15)21-22-18)23-27(3,25)26/h5-12,23-24H,4H2,1-3H3,(H,21,22). The Morgan fingerprint density at radius 2 is 1.93 bits per heavy atom. The number of aliphatic hydroxyl groups is 1. The van der Waals surface area contributed by atoms with E-state index in [2.05, 4.69) is 14.9 Å². The molecule has 2 unspecified atom stereocenters. The van der Waals surface area contributed by atoms with Gasteiger partial charge in [-0.25, -0.2) is 8.42 Å². The monoisotopic (exact) mass is 407 g/mol. The van der Waals surface area contributed by atoms with E-state index in [9.17, 15) is 13.5 Å². The Morgan fingerprint density at radius 3 is 2.48 bits per heavy atom. The molecule has 0 saturated heterocycles. The third-order valence-corrected chi connectivity index (χ3v) is 5.79. The molecular formula is C19H22ClN3O3S. The number of rotatable bonds is 6. The summed E-state index contributed by atoms with van der Waals surface area (Å²) < 4.78 is 25.8. The summed E-state index contributed by atoms with van der Waals surface area (Å²) >= 11 is 6.04. The minimum atomic E-state index is -3.44. The first kappa shape index (κ1) is 19.7. The van der Waals surface area contributed by atoms with Crippen LogP contribution in [0.15, 0.2) is 42.5 Å². The summed E-state index contributed by atoms with van der Waals surface area (Å²) in [6.45, 7) is 3.72. The Morgan fingerprint density at radius 1 is 1.26 bits per heavy atom. The number of nitrogens with one attached hydrogen (secondary N) is 2. The van der Waals surface area contributed by atoms with Crippen LogP contribution in [0, 0.1) is 0 Å². The summed E-state index contributed by atoms with van der Waals surface area (Å²) in [7, 11) is -3.44. The fourth-order valence-corrected chi connectivity index (χ4v) is 4.35. The molecule has 144 valence electrons. The maximum absolute atomic E-state index is 11.7. The summed E-state index contributed by atoms with van der Waals surface area (Å²) in [5, 5.41) is 19.6. The van der Waals surface area contributed by atoms with Gasteiger partial charge in [-0.05, 0) is 37.1 Å². The van der Waals surface area contributed by atoms with Crippen LogP contribution in [0.4, 0.5) is 5.69 Å². The quantitative estimate of drug-likeness (QED) is 0.581. The minimum absolute atomic E-state index is 0.417. The maximum Gasteiger partial charge on any atom is 0.229 e. The van der Waals surface area contributed by atoms with Gasteiger partial charge in [-0.2, -0.15) is 5.10 Å². The molecule has 0 spiro atoms. The third kappa shape index (κ3) is 3.54. The van der Waals surface area contributed by atoms with Crippen LogP contribution < -0.4 is 4.72 Å². The molecule has 0 amide bonds. The largest absolute Gasteiger partial charge is 0.392 e. The number of aromatic amines is 1. The predicted octanol–water partition coefficient (Wildman–Crippen LogP) is 3.66. The van der Waals surface area contributed by atoms with Crippen molar-refractivity contribution in [1.82, 2.24) is 10.2 Å². The Labute approximate surface area is 163 Å². The first-order chi connectivity index (χ1) is 12.7. The van der Waals surface area contributed by atoms with E-state index in [0.29, 0.717) is 28.3 Å². The molecule has 2 aromatic carbocycles. The normalized spacial score (nSPS) is 15.4. The first-order valence-corrected chi connectivity index (χ1v) is 10.9. The number of sulfonamides is 1. The van der Waals surface area contributed by atoms with Crippen LogP contribution >= 0.6 is 11.6 Å². The van der Waals surface area contributed by atoms with E-state index in [1.165, 1.54) is 0 Å². The van der Waals surface area contributed by atoms with Crippen LogP contribution in [0.1, 0.15) is 31.5 Å². The smallest absolute Gasteiger partial charge is 0.229 e. The van der Waals surface area contributed by atoms with Crippen LogP contribution in [0.25, 0.3) is 10.9 Å². The first-order valence-electron chi connectivity index (χ1n) is 8.58. The minimum Gasteiger partial charge on any atom is -0.392 e. The van der Waals surface area contributed by atoms with Crippen molar-refractivity contribution in [2.24, 2.45) is 0 Å². The second-order valence-corrected chi connectivity index (χ2v) is 8.87. The van der Waals surface area contributed by atoms with Gasteiger partial charge in [-0.1, -0.05) is 42.8 Å². The second kappa shape index (κ2) is 7.14. The number of nitrogens with zero attached hydrogens (tertiary/aromatic N) is 1. The molecule has 0 bridgehead atoms. The molecule has 0 radical (unpaired) electrons. The molecule has 0 saturated carbocycles. The van der Waals surface area contributed by atoms with Gasteiger partial charge < -0.3 is 5.11 Å². The van der Waals surface area contributed by atoms with Gasteiger partial charge in [0.05, 0.1) is 34.7 Å². The fraction of sp³-hybridized carbons (Fsp3) is 0.316. The summed E-state index contributed by atoms with van der Waals surface area (Å²) in [6, 6.07) is 12.6. The topological polar surface area (TPSA) is 95.1 Å². The van der Waals surface area contributed by atoms with Crippen molar-refractivity contribution in [3.63, 3.8) is 0 Å². The van der Waals surface area contributed by atoms with E-state index in [1.54, 1.807) is 31.2 Å². The van der Waals surface area contributed by atoms with Crippen molar-refractivity contribution in [3.05, 3.63) is 58.7 Å². The number of hydrogen-bond donors (Lipinski definition) is 3. The molecule has 0 fully saturated rings. The molecule has 0 aliphatic carbocycles. The lowest BCUT2D eigenvalue weighted by atomic mass is 9.70. The zero-order valence-corrected chi connectivity index (χ0v) is 16.9. The van der Waals surface area contributed by atoms with Crippen molar-refractivity contribution in [1.29, 1.82) is 0 Å². The van der Waals surface area contributed by atoms with E-state index in [0.717, 1.165) is 17.2 Å². The van der Waals surface area contributed by atoms with Crippen LogP contribution in [0.3, 0.4) is 0 Å². The lowest BCUT2D eigenvalue weighted by Gasteiger charge is -2.35. The summed E-state index contributed by atoms with van der Waals surface area (Å²) in [6.07, 6.45) is 0.959. The molecule has 8 heteroatoms. The van der Waals surface area contributed by atoms with Crippen LogP contribution in [0.5, 0.6) is 0 Å². The van der Waals surface area contributed by atoms with Gasteiger partial charge in [0.2, 0.25) is 10.0 Å². The van der Waals surface area contributed by atoms with Gasteiger partial charge >= 0.3 is 0 Å². The summed E-state index contributed by atoms with van der Waals surface area (Å²) in [5.41, 5.74) is 1.77. The van der Waals surface area contributed by atoms with E-state index in [-0.39, 0.29) is 0 Å². The molecule has 0 aliphatic heterocycles. The highest BCUT2D eigenvalue weighted by Crippen LogP contribution is 2.42. The van der Waals surface area contributed by atoms with Crippen LogP contribution in [0.2, 0.25) is 5.02 Å². The molecule has 2 atom stereocenters. The number of aromatic nitrogens is 2. The van der Waals surface area contributed by atoms with Crippen LogP contribution in [-0.2, 0) is 15.4 Å². The number of fused-ring (bicyclic) bond motifs is 1. The Kier molecular flexibility index (Phi) is 5.20. The van der Waals surface area contributed by atoms with E-state index in [4.69, 9.17) is 11.6 Å². The molecule has 1 heterocycles. The zero-order chi connectivity index (χ0) is 19.8. The lowest BCUT2D eigenvalue weighted by molar-refractivity contribution is 0.115. The molecular weight excluding hydrogens is 386 g/mol. The molecule has 0 aliphatic rings. The van der Waals surface area contributed by atoms with Gasteiger partial charge in [0.25, 0.3) is 0 Å². The van der Waals surface area contributed by atoms with Crippen molar-refractivity contribution in [2.75, 3.05) is 11.0 Å². The average Bonchev–Trinajstić information content (AvgIpc) is 3.02.